The zero-order chi connectivity index (χ0) is 23.9. The van der Waals surface area contributed by atoms with Crippen molar-refractivity contribution in [3.05, 3.63) is 134 Å². The van der Waals surface area contributed by atoms with Crippen LogP contribution < -0.4 is 0 Å². The molecule has 0 atom stereocenters. The second kappa shape index (κ2) is 8.44. The van der Waals surface area contributed by atoms with Gasteiger partial charge in [0.05, 0.1) is 5.69 Å². The van der Waals surface area contributed by atoms with Gasteiger partial charge in [0, 0.05) is 29.7 Å². The standard InChI is InChI=1S/C34H22N2/c1-2-8-25-21-26(14-13-23(25)7-1)33-28-9-3-5-11-30(28)34(31-12-6-4-10-29(31)33)27-15-16-32(36-22-27)24-17-19-35-20-18-24/h1-22H. The number of rotatable bonds is 3. The molecule has 2 heteroatoms. The van der Waals surface area contributed by atoms with E-state index in [0.717, 1.165) is 16.8 Å². The molecular weight excluding hydrogens is 436 g/mol. The Kier molecular flexibility index (Phi) is 4.82. The van der Waals surface area contributed by atoms with Crippen LogP contribution in [0, 0.1) is 0 Å². The van der Waals surface area contributed by atoms with E-state index < -0.39 is 0 Å². The van der Waals surface area contributed by atoms with Crippen molar-refractivity contribution in [1.29, 1.82) is 0 Å². The first-order valence-corrected chi connectivity index (χ1v) is 12.2. The Balaban J connectivity index is 1.50. The summed E-state index contributed by atoms with van der Waals surface area (Å²) in [4.78, 5) is 8.95. The second-order valence-electron chi connectivity index (χ2n) is 9.07. The molecule has 7 aromatic rings. The smallest absolute Gasteiger partial charge is 0.0703 e. The number of hydrogen-bond donors (Lipinski definition) is 0. The maximum absolute atomic E-state index is 4.83. The Morgan fingerprint density at radius 1 is 0.417 bits per heavy atom. The molecule has 0 N–H and O–H groups in total. The molecule has 0 fully saturated rings. The zero-order valence-corrected chi connectivity index (χ0v) is 19.6. The van der Waals surface area contributed by atoms with Crippen LogP contribution in [-0.4, -0.2) is 9.97 Å². The van der Waals surface area contributed by atoms with Gasteiger partial charge in [-0.1, -0.05) is 91.0 Å². The van der Waals surface area contributed by atoms with E-state index in [4.69, 9.17) is 4.98 Å². The van der Waals surface area contributed by atoms with Gasteiger partial charge in [-0.05, 0) is 73.3 Å². The largest absolute Gasteiger partial charge is 0.265 e. The van der Waals surface area contributed by atoms with Gasteiger partial charge in [0.25, 0.3) is 0 Å². The first-order chi connectivity index (χ1) is 17.9. The van der Waals surface area contributed by atoms with Crippen LogP contribution in [0.3, 0.4) is 0 Å². The van der Waals surface area contributed by atoms with Gasteiger partial charge in [-0.25, -0.2) is 0 Å². The average Bonchev–Trinajstić information content (AvgIpc) is 2.96. The van der Waals surface area contributed by atoms with Gasteiger partial charge in [0.2, 0.25) is 0 Å². The van der Waals surface area contributed by atoms with Crippen molar-refractivity contribution in [1.82, 2.24) is 9.97 Å². The second-order valence-corrected chi connectivity index (χ2v) is 9.07. The van der Waals surface area contributed by atoms with Gasteiger partial charge in [-0.15, -0.1) is 0 Å². The Morgan fingerprint density at radius 3 is 1.58 bits per heavy atom. The molecule has 2 aromatic heterocycles. The summed E-state index contributed by atoms with van der Waals surface area (Å²) in [7, 11) is 0. The SMILES string of the molecule is c1ccc2cc(-c3c4ccccc4c(-c4ccc(-c5ccncc5)nc4)c4ccccc34)ccc2c1. The average molecular weight is 459 g/mol. The van der Waals surface area contributed by atoms with Gasteiger partial charge in [-0.2, -0.15) is 0 Å². The predicted octanol–water partition coefficient (Wildman–Crippen LogP) is 8.94. The van der Waals surface area contributed by atoms with Crippen LogP contribution in [0.4, 0.5) is 0 Å². The Labute approximate surface area is 209 Å². The molecule has 0 saturated carbocycles. The lowest BCUT2D eigenvalue weighted by Crippen LogP contribution is -1.92. The molecule has 0 spiro atoms. The monoisotopic (exact) mass is 458 g/mol. The van der Waals surface area contributed by atoms with E-state index >= 15 is 0 Å². The topological polar surface area (TPSA) is 25.8 Å². The van der Waals surface area contributed by atoms with Crippen molar-refractivity contribution in [2.75, 3.05) is 0 Å². The van der Waals surface area contributed by atoms with Gasteiger partial charge in [0.1, 0.15) is 0 Å². The fraction of sp³-hybridized carbons (Fsp3) is 0. The molecule has 0 aliphatic heterocycles. The lowest BCUT2D eigenvalue weighted by atomic mass is 9.86. The van der Waals surface area contributed by atoms with Crippen LogP contribution in [0.2, 0.25) is 0 Å². The summed E-state index contributed by atoms with van der Waals surface area (Å²) in [6, 6.07) is 41.1. The number of hydrogen-bond acceptors (Lipinski definition) is 2. The molecule has 36 heavy (non-hydrogen) atoms. The summed E-state index contributed by atoms with van der Waals surface area (Å²) in [5, 5.41) is 7.48. The van der Waals surface area contributed by atoms with Crippen LogP contribution in [-0.2, 0) is 0 Å². The number of pyridine rings is 2. The van der Waals surface area contributed by atoms with Crippen molar-refractivity contribution in [2.24, 2.45) is 0 Å². The molecule has 2 heterocycles. The fourth-order valence-corrected chi connectivity index (χ4v) is 5.33. The normalized spacial score (nSPS) is 11.3. The van der Waals surface area contributed by atoms with Gasteiger partial charge in [0.15, 0.2) is 0 Å². The van der Waals surface area contributed by atoms with E-state index in [9.17, 15) is 0 Å². The summed E-state index contributed by atoms with van der Waals surface area (Å²) in [6.45, 7) is 0. The van der Waals surface area contributed by atoms with Crippen LogP contribution in [0.25, 0.3) is 65.8 Å². The first kappa shape index (κ1) is 20.5. The van der Waals surface area contributed by atoms with Crippen molar-refractivity contribution >= 4 is 32.3 Å². The number of aromatic nitrogens is 2. The Bertz CT molecular complexity index is 1810. The van der Waals surface area contributed by atoms with E-state index in [1.54, 1.807) is 12.4 Å². The highest BCUT2D eigenvalue weighted by molar-refractivity contribution is 6.21. The number of benzene rings is 5. The maximum atomic E-state index is 4.83. The molecular formula is C34H22N2. The first-order valence-electron chi connectivity index (χ1n) is 12.2. The van der Waals surface area contributed by atoms with Crippen LogP contribution >= 0.6 is 0 Å². The Morgan fingerprint density at radius 2 is 0.972 bits per heavy atom. The third-order valence-corrected chi connectivity index (χ3v) is 7.00. The zero-order valence-electron chi connectivity index (χ0n) is 19.6. The van der Waals surface area contributed by atoms with Crippen LogP contribution in [0.1, 0.15) is 0 Å². The molecule has 0 unspecified atom stereocenters. The molecule has 2 nitrogen and oxygen atoms in total. The molecule has 0 bridgehead atoms. The highest BCUT2D eigenvalue weighted by Gasteiger charge is 2.17. The van der Waals surface area contributed by atoms with Crippen LogP contribution in [0.5, 0.6) is 0 Å². The third kappa shape index (κ3) is 3.35. The molecule has 0 amide bonds. The lowest BCUT2D eigenvalue weighted by Gasteiger charge is -2.18. The van der Waals surface area contributed by atoms with E-state index in [0.29, 0.717) is 0 Å². The van der Waals surface area contributed by atoms with E-state index in [-0.39, 0.29) is 0 Å². The highest BCUT2D eigenvalue weighted by atomic mass is 14.7. The Hall–Kier alpha value is -4.82. The highest BCUT2D eigenvalue weighted by Crippen LogP contribution is 2.44. The summed E-state index contributed by atoms with van der Waals surface area (Å²) >= 11 is 0. The quantitative estimate of drug-likeness (QED) is 0.247. The molecule has 0 aliphatic carbocycles. The lowest BCUT2D eigenvalue weighted by molar-refractivity contribution is 1.29. The number of fused-ring (bicyclic) bond motifs is 3. The summed E-state index contributed by atoms with van der Waals surface area (Å²) in [5.41, 5.74) is 6.86. The number of nitrogens with zero attached hydrogens (tertiary/aromatic N) is 2. The van der Waals surface area contributed by atoms with Crippen LogP contribution in [0.15, 0.2) is 134 Å². The van der Waals surface area contributed by atoms with E-state index in [1.807, 2.05) is 18.3 Å². The fourth-order valence-electron chi connectivity index (χ4n) is 5.33. The van der Waals surface area contributed by atoms with Gasteiger partial charge >= 0.3 is 0 Å². The van der Waals surface area contributed by atoms with E-state index in [2.05, 4.69) is 108 Å². The van der Waals surface area contributed by atoms with Gasteiger partial charge < -0.3 is 0 Å². The molecule has 7 rings (SSSR count). The molecule has 0 aliphatic rings. The summed E-state index contributed by atoms with van der Waals surface area (Å²) < 4.78 is 0. The predicted molar refractivity (Wildman–Crippen MR) is 151 cm³/mol. The van der Waals surface area contributed by atoms with E-state index in [1.165, 1.54) is 49.0 Å². The molecule has 168 valence electrons. The minimum absolute atomic E-state index is 0.947. The maximum Gasteiger partial charge on any atom is 0.0703 e. The third-order valence-electron chi connectivity index (χ3n) is 7.00. The van der Waals surface area contributed by atoms with Crippen molar-refractivity contribution in [3.63, 3.8) is 0 Å². The van der Waals surface area contributed by atoms with Crippen molar-refractivity contribution < 1.29 is 0 Å². The molecule has 5 aromatic carbocycles. The molecule has 0 radical (unpaired) electrons. The van der Waals surface area contributed by atoms with Gasteiger partial charge in [-0.3, -0.25) is 9.97 Å². The minimum Gasteiger partial charge on any atom is -0.265 e. The summed E-state index contributed by atoms with van der Waals surface area (Å²) in [5.74, 6) is 0. The summed E-state index contributed by atoms with van der Waals surface area (Å²) in [6.07, 6.45) is 5.61. The molecule has 0 saturated heterocycles. The van der Waals surface area contributed by atoms with Crippen molar-refractivity contribution in [2.45, 2.75) is 0 Å². The van der Waals surface area contributed by atoms with Crippen molar-refractivity contribution in [3.8, 4) is 33.5 Å². The minimum atomic E-state index is 0.947.